The maximum atomic E-state index is 9.08. The lowest BCUT2D eigenvalue weighted by Crippen LogP contribution is -2.29. The van der Waals surface area contributed by atoms with E-state index >= 15 is 0 Å². The molecular formula is C49H54O4. The van der Waals surface area contributed by atoms with Crippen LogP contribution in [0.15, 0.2) is 121 Å². The van der Waals surface area contributed by atoms with Crippen LogP contribution < -0.4 is 9.47 Å². The van der Waals surface area contributed by atoms with Crippen LogP contribution in [0.4, 0.5) is 0 Å². The van der Waals surface area contributed by atoms with Gasteiger partial charge in [0.25, 0.3) is 0 Å². The monoisotopic (exact) mass is 706 g/mol. The predicted octanol–water partition coefficient (Wildman–Crippen LogP) is 11.8. The van der Waals surface area contributed by atoms with Crippen molar-refractivity contribution >= 4 is 21.5 Å². The fourth-order valence-electron chi connectivity index (χ4n) is 8.63. The van der Waals surface area contributed by atoms with Gasteiger partial charge in [-0.3, -0.25) is 0 Å². The number of ether oxygens (including phenoxy) is 2. The minimum Gasteiger partial charge on any atom is -0.493 e. The van der Waals surface area contributed by atoms with Gasteiger partial charge in [0.15, 0.2) is 0 Å². The van der Waals surface area contributed by atoms with Gasteiger partial charge in [0.05, 0.1) is 18.6 Å². The van der Waals surface area contributed by atoms with Crippen LogP contribution in [0.25, 0.3) is 32.7 Å². The number of benzene rings is 6. The Hall–Kier alpha value is -4.64. The zero-order valence-corrected chi connectivity index (χ0v) is 31.1. The molecule has 0 spiro atoms. The van der Waals surface area contributed by atoms with Crippen LogP contribution in [0.2, 0.25) is 0 Å². The van der Waals surface area contributed by atoms with Crippen molar-refractivity contribution < 1.29 is 19.7 Å². The Balaban J connectivity index is 1.29. The van der Waals surface area contributed by atoms with Gasteiger partial charge in [-0.2, -0.15) is 0 Å². The minimum atomic E-state index is -0.577. The SMILES string of the molecule is OCCCCCCCCOc1cccc2c(C3(c4cccc5c(OCCCCCCCCO)cccc45)c4ccccc4-c4ccccc43)cccc12. The van der Waals surface area contributed by atoms with Gasteiger partial charge >= 0.3 is 0 Å². The molecule has 0 amide bonds. The maximum absolute atomic E-state index is 9.08. The fourth-order valence-corrected chi connectivity index (χ4v) is 8.63. The number of rotatable bonds is 20. The summed E-state index contributed by atoms with van der Waals surface area (Å²) in [4.78, 5) is 0. The van der Waals surface area contributed by atoms with Gasteiger partial charge in [0.1, 0.15) is 11.5 Å². The van der Waals surface area contributed by atoms with Crippen molar-refractivity contribution in [2.75, 3.05) is 26.4 Å². The molecule has 0 bridgehead atoms. The molecule has 53 heavy (non-hydrogen) atoms. The molecule has 4 heteroatoms. The van der Waals surface area contributed by atoms with Crippen LogP contribution in [0, 0.1) is 0 Å². The number of hydrogen-bond acceptors (Lipinski definition) is 4. The van der Waals surface area contributed by atoms with Crippen LogP contribution >= 0.6 is 0 Å². The van der Waals surface area contributed by atoms with Crippen LogP contribution in [0.5, 0.6) is 11.5 Å². The summed E-state index contributed by atoms with van der Waals surface area (Å²) < 4.78 is 13.1. The highest BCUT2D eigenvalue weighted by Crippen LogP contribution is 2.58. The van der Waals surface area contributed by atoms with Gasteiger partial charge in [0.2, 0.25) is 0 Å². The summed E-state index contributed by atoms with van der Waals surface area (Å²) in [5.41, 5.74) is 7.06. The molecule has 274 valence electrons. The van der Waals surface area contributed by atoms with E-state index in [0.717, 1.165) is 86.5 Å². The van der Waals surface area contributed by atoms with E-state index in [-0.39, 0.29) is 13.2 Å². The van der Waals surface area contributed by atoms with Crippen LogP contribution in [-0.2, 0) is 5.41 Å². The third-order valence-corrected chi connectivity index (χ3v) is 11.1. The summed E-state index contributed by atoms with van der Waals surface area (Å²) in [6.45, 7) is 1.95. The minimum absolute atomic E-state index is 0.287. The van der Waals surface area contributed by atoms with Crippen LogP contribution in [0.1, 0.15) is 99.3 Å². The smallest absolute Gasteiger partial charge is 0.127 e. The fraction of sp³-hybridized carbons (Fsp3) is 0.347. The van der Waals surface area contributed by atoms with Gasteiger partial charge in [-0.25, -0.2) is 0 Å². The first kappa shape index (κ1) is 36.7. The van der Waals surface area contributed by atoms with Crippen molar-refractivity contribution in [2.45, 2.75) is 82.5 Å². The molecule has 6 aromatic carbocycles. The maximum Gasteiger partial charge on any atom is 0.127 e. The highest BCUT2D eigenvalue weighted by atomic mass is 16.5. The lowest BCUT2D eigenvalue weighted by Gasteiger charge is -2.36. The van der Waals surface area contributed by atoms with E-state index in [1.165, 1.54) is 57.0 Å². The van der Waals surface area contributed by atoms with E-state index in [1.54, 1.807) is 0 Å². The molecule has 0 unspecified atom stereocenters. The van der Waals surface area contributed by atoms with Crippen molar-refractivity contribution in [3.05, 3.63) is 144 Å². The molecular weight excluding hydrogens is 653 g/mol. The van der Waals surface area contributed by atoms with E-state index in [4.69, 9.17) is 19.7 Å². The average Bonchev–Trinajstić information content (AvgIpc) is 3.50. The molecule has 0 aromatic heterocycles. The van der Waals surface area contributed by atoms with Gasteiger partial charge in [-0.05, 0) is 82.0 Å². The summed E-state index contributed by atoms with van der Waals surface area (Å²) in [5.74, 6) is 1.86. The van der Waals surface area contributed by atoms with Gasteiger partial charge < -0.3 is 19.7 Å². The quantitative estimate of drug-likeness (QED) is 0.0775. The zero-order chi connectivity index (χ0) is 36.3. The lowest BCUT2D eigenvalue weighted by molar-refractivity contribution is 0.280. The second-order valence-corrected chi connectivity index (χ2v) is 14.5. The highest BCUT2D eigenvalue weighted by Gasteiger charge is 2.47. The Labute approximate surface area is 315 Å². The molecule has 0 atom stereocenters. The lowest BCUT2D eigenvalue weighted by atomic mass is 9.65. The van der Waals surface area contributed by atoms with E-state index < -0.39 is 5.41 Å². The van der Waals surface area contributed by atoms with Crippen molar-refractivity contribution in [3.63, 3.8) is 0 Å². The summed E-state index contributed by atoms with van der Waals surface area (Å²) in [6, 6.07) is 44.5. The first-order valence-corrected chi connectivity index (χ1v) is 20.0. The van der Waals surface area contributed by atoms with E-state index in [1.807, 2.05) is 0 Å². The molecule has 0 heterocycles. The summed E-state index contributed by atoms with van der Waals surface area (Å²) in [6.07, 6.45) is 13.0. The molecule has 0 saturated heterocycles. The van der Waals surface area contributed by atoms with Crippen molar-refractivity contribution in [3.8, 4) is 22.6 Å². The normalized spacial score (nSPS) is 12.9. The number of aliphatic hydroxyl groups is 2. The summed E-state index contributed by atoms with van der Waals surface area (Å²) in [7, 11) is 0. The van der Waals surface area contributed by atoms with Crippen molar-refractivity contribution in [1.82, 2.24) is 0 Å². The topological polar surface area (TPSA) is 58.9 Å². The van der Waals surface area contributed by atoms with E-state index in [0.29, 0.717) is 13.2 Å². The second kappa shape index (κ2) is 17.9. The molecule has 1 aliphatic carbocycles. The Morgan fingerprint density at radius 1 is 0.340 bits per heavy atom. The van der Waals surface area contributed by atoms with Crippen molar-refractivity contribution in [1.29, 1.82) is 0 Å². The Bertz CT molecular complexity index is 1950. The first-order chi connectivity index (χ1) is 26.3. The average molecular weight is 707 g/mol. The predicted molar refractivity (Wildman–Crippen MR) is 219 cm³/mol. The third-order valence-electron chi connectivity index (χ3n) is 11.1. The molecule has 1 aliphatic rings. The largest absolute Gasteiger partial charge is 0.493 e. The molecule has 0 aliphatic heterocycles. The van der Waals surface area contributed by atoms with Gasteiger partial charge in [-0.1, -0.05) is 161 Å². The number of fused-ring (bicyclic) bond motifs is 5. The summed E-state index contributed by atoms with van der Waals surface area (Å²) in [5, 5.41) is 22.8. The third kappa shape index (κ3) is 7.58. The molecule has 2 N–H and O–H groups in total. The first-order valence-electron chi connectivity index (χ1n) is 20.0. The number of aliphatic hydroxyl groups excluding tert-OH is 2. The van der Waals surface area contributed by atoms with Crippen LogP contribution in [-0.4, -0.2) is 36.6 Å². The van der Waals surface area contributed by atoms with E-state index in [9.17, 15) is 0 Å². The van der Waals surface area contributed by atoms with Gasteiger partial charge in [-0.15, -0.1) is 0 Å². The van der Waals surface area contributed by atoms with Crippen molar-refractivity contribution in [2.24, 2.45) is 0 Å². The second-order valence-electron chi connectivity index (χ2n) is 14.5. The van der Waals surface area contributed by atoms with Crippen LogP contribution in [0.3, 0.4) is 0 Å². The van der Waals surface area contributed by atoms with E-state index in [2.05, 4.69) is 121 Å². The Morgan fingerprint density at radius 2 is 0.698 bits per heavy atom. The number of hydrogen-bond donors (Lipinski definition) is 2. The summed E-state index contributed by atoms with van der Waals surface area (Å²) >= 11 is 0. The molecule has 0 radical (unpaired) electrons. The molecule has 6 aromatic rings. The zero-order valence-electron chi connectivity index (χ0n) is 31.1. The van der Waals surface area contributed by atoms with Gasteiger partial charge in [0, 0.05) is 24.0 Å². The highest BCUT2D eigenvalue weighted by molar-refractivity contribution is 6.00. The standard InChI is InChI=1S/C49H54O4/c50-33-13-5-1-3-7-15-35-52-47-31-19-23-39-41(47)25-17-29-45(39)49(43-27-11-9-21-37(43)38-22-10-12-28-44(38)49)46-30-18-26-42-40(46)24-20-32-48(42)53-36-16-8-4-2-6-14-34-51/h9-12,17-32,50-51H,1-8,13-16,33-36H2. The Morgan fingerprint density at radius 3 is 1.15 bits per heavy atom. The molecule has 4 nitrogen and oxygen atoms in total. The molecule has 0 saturated carbocycles. The Kier molecular flexibility index (Phi) is 12.4. The molecule has 0 fully saturated rings. The number of unbranched alkanes of at least 4 members (excludes halogenated alkanes) is 10. The molecule has 7 rings (SSSR count).